The second-order valence-electron chi connectivity index (χ2n) is 5.08. The van der Waals surface area contributed by atoms with E-state index >= 15 is 0 Å². The minimum Gasteiger partial charge on any atom is -0.355 e. The normalized spacial score (nSPS) is 10.0. The number of amides is 3. The molecule has 2 rings (SSSR count). The highest BCUT2D eigenvalue weighted by Gasteiger charge is 2.07. The van der Waals surface area contributed by atoms with E-state index in [-0.39, 0.29) is 17.7 Å². The van der Waals surface area contributed by atoms with Crippen LogP contribution in [0.2, 0.25) is 0 Å². The fourth-order valence-corrected chi connectivity index (χ4v) is 2.66. The summed E-state index contributed by atoms with van der Waals surface area (Å²) in [6.45, 7) is 0.442. The lowest BCUT2D eigenvalue weighted by atomic mass is 10.2. The largest absolute Gasteiger partial charge is 0.355 e. The molecule has 1 heterocycles. The van der Waals surface area contributed by atoms with Gasteiger partial charge in [-0.25, -0.2) is 0 Å². The van der Waals surface area contributed by atoms with Gasteiger partial charge in [0, 0.05) is 42.2 Å². The fourth-order valence-electron chi connectivity index (χ4n) is 2.02. The predicted octanol–water partition coefficient (Wildman–Crippen LogP) is 2.26. The molecule has 3 N–H and O–H groups in total. The van der Waals surface area contributed by atoms with Gasteiger partial charge in [-0.05, 0) is 42.1 Å². The standard InChI is InChI=1S/C17H19N3O3S/c1-18-16(22)12-4-6-14(7-5-12)20-15(21)3-2-9-19-17(23)13-8-10-24-11-13/h4-8,10-11H,2-3,9H2,1H3,(H,18,22)(H,19,23)(H,20,21). The fraction of sp³-hybridized carbons (Fsp3) is 0.235. The van der Waals surface area contributed by atoms with Crippen molar-refractivity contribution in [3.8, 4) is 0 Å². The lowest BCUT2D eigenvalue weighted by Crippen LogP contribution is -2.25. The van der Waals surface area contributed by atoms with E-state index in [1.54, 1.807) is 42.8 Å². The monoisotopic (exact) mass is 345 g/mol. The molecule has 0 spiro atoms. The molecule has 1 aromatic carbocycles. The van der Waals surface area contributed by atoms with Crippen LogP contribution in [0.25, 0.3) is 0 Å². The van der Waals surface area contributed by atoms with Gasteiger partial charge in [-0.2, -0.15) is 11.3 Å². The summed E-state index contributed by atoms with van der Waals surface area (Å²) in [5.41, 5.74) is 1.81. The highest BCUT2D eigenvalue weighted by atomic mass is 32.1. The highest BCUT2D eigenvalue weighted by Crippen LogP contribution is 2.10. The molecule has 1 aromatic heterocycles. The van der Waals surface area contributed by atoms with Crippen molar-refractivity contribution in [2.75, 3.05) is 18.9 Å². The Labute approximate surface area is 144 Å². The number of rotatable bonds is 7. The van der Waals surface area contributed by atoms with Crippen LogP contribution in [0.1, 0.15) is 33.6 Å². The Bertz CT molecular complexity index is 696. The van der Waals surface area contributed by atoms with E-state index in [0.717, 1.165) is 0 Å². The Morgan fingerprint density at radius 1 is 1.00 bits per heavy atom. The molecule has 7 heteroatoms. The highest BCUT2D eigenvalue weighted by molar-refractivity contribution is 7.08. The first-order valence-corrected chi connectivity index (χ1v) is 8.47. The Hall–Kier alpha value is -2.67. The smallest absolute Gasteiger partial charge is 0.252 e. The minimum absolute atomic E-state index is 0.124. The summed E-state index contributed by atoms with van der Waals surface area (Å²) in [7, 11) is 1.56. The molecule has 0 atom stereocenters. The maximum atomic E-state index is 11.9. The van der Waals surface area contributed by atoms with Gasteiger partial charge in [0.15, 0.2) is 0 Å². The van der Waals surface area contributed by atoms with Gasteiger partial charge >= 0.3 is 0 Å². The number of nitrogens with one attached hydrogen (secondary N) is 3. The molecule has 0 aliphatic rings. The summed E-state index contributed by atoms with van der Waals surface area (Å²) < 4.78 is 0. The number of thiophene rings is 1. The summed E-state index contributed by atoms with van der Waals surface area (Å²) in [6, 6.07) is 8.42. The van der Waals surface area contributed by atoms with E-state index in [4.69, 9.17) is 0 Å². The maximum absolute atomic E-state index is 11.9. The molecule has 0 radical (unpaired) electrons. The third kappa shape index (κ3) is 5.20. The lowest BCUT2D eigenvalue weighted by Gasteiger charge is -2.07. The first-order valence-electron chi connectivity index (χ1n) is 7.52. The van der Waals surface area contributed by atoms with E-state index < -0.39 is 0 Å². The number of hydrogen-bond donors (Lipinski definition) is 3. The van der Waals surface area contributed by atoms with Crippen LogP contribution < -0.4 is 16.0 Å². The number of hydrogen-bond acceptors (Lipinski definition) is 4. The van der Waals surface area contributed by atoms with Crippen molar-refractivity contribution >= 4 is 34.7 Å². The topological polar surface area (TPSA) is 87.3 Å². The molecule has 6 nitrogen and oxygen atoms in total. The summed E-state index contributed by atoms with van der Waals surface area (Å²) in [5, 5.41) is 11.7. The van der Waals surface area contributed by atoms with Crippen molar-refractivity contribution in [1.82, 2.24) is 10.6 Å². The summed E-state index contributed by atoms with van der Waals surface area (Å²) in [6.07, 6.45) is 0.860. The first-order chi connectivity index (χ1) is 11.6. The first kappa shape index (κ1) is 17.7. The van der Waals surface area contributed by atoms with Crippen LogP contribution in [-0.4, -0.2) is 31.3 Å². The van der Waals surface area contributed by atoms with E-state index in [1.165, 1.54) is 11.3 Å². The molecule has 0 saturated carbocycles. The SMILES string of the molecule is CNC(=O)c1ccc(NC(=O)CCCNC(=O)c2ccsc2)cc1. The van der Waals surface area contributed by atoms with Gasteiger partial charge in [0.1, 0.15) is 0 Å². The molecule has 126 valence electrons. The Morgan fingerprint density at radius 2 is 1.75 bits per heavy atom. The van der Waals surface area contributed by atoms with Gasteiger partial charge in [-0.3, -0.25) is 14.4 Å². The van der Waals surface area contributed by atoms with Crippen LogP contribution in [0.5, 0.6) is 0 Å². The van der Waals surface area contributed by atoms with Gasteiger partial charge in [-0.15, -0.1) is 0 Å². The van der Waals surface area contributed by atoms with E-state index in [9.17, 15) is 14.4 Å². The molecule has 3 amide bonds. The van der Waals surface area contributed by atoms with Crippen molar-refractivity contribution in [2.24, 2.45) is 0 Å². The van der Waals surface area contributed by atoms with Crippen molar-refractivity contribution < 1.29 is 14.4 Å². The van der Waals surface area contributed by atoms with Gasteiger partial charge in [-0.1, -0.05) is 0 Å². The summed E-state index contributed by atoms with van der Waals surface area (Å²) in [5.74, 6) is -0.428. The van der Waals surface area contributed by atoms with Crippen molar-refractivity contribution in [2.45, 2.75) is 12.8 Å². The van der Waals surface area contributed by atoms with Crippen LogP contribution in [0, 0.1) is 0 Å². The van der Waals surface area contributed by atoms with Crippen LogP contribution in [-0.2, 0) is 4.79 Å². The Morgan fingerprint density at radius 3 is 2.38 bits per heavy atom. The van der Waals surface area contributed by atoms with E-state index in [2.05, 4.69) is 16.0 Å². The molecule has 0 bridgehead atoms. The molecule has 0 unspecified atom stereocenters. The Balaban J connectivity index is 1.69. The molecule has 0 aliphatic carbocycles. The van der Waals surface area contributed by atoms with Crippen molar-refractivity contribution in [3.05, 3.63) is 52.2 Å². The zero-order chi connectivity index (χ0) is 17.4. The number of benzene rings is 1. The van der Waals surface area contributed by atoms with E-state index in [0.29, 0.717) is 36.2 Å². The van der Waals surface area contributed by atoms with Gasteiger partial charge < -0.3 is 16.0 Å². The lowest BCUT2D eigenvalue weighted by molar-refractivity contribution is -0.116. The summed E-state index contributed by atoms with van der Waals surface area (Å²) in [4.78, 5) is 35.0. The molecule has 0 aliphatic heterocycles. The van der Waals surface area contributed by atoms with Crippen LogP contribution in [0.15, 0.2) is 41.1 Å². The van der Waals surface area contributed by atoms with Gasteiger partial charge in [0.05, 0.1) is 0 Å². The molecule has 24 heavy (non-hydrogen) atoms. The summed E-state index contributed by atoms with van der Waals surface area (Å²) >= 11 is 1.47. The zero-order valence-electron chi connectivity index (χ0n) is 13.3. The third-order valence-electron chi connectivity index (χ3n) is 3.31. The number of carbonyl (C=O) groups excluding carboxylic acids is 3. The van der Waals surface area contributed by atoms with Crippen molar-refractivity contribution in [3.63, 3.8) is 0 Å². The molecule has 0 saturated heterocycles. The second kappa shape index (κ2) is 8.83. The third-order valence-corrected chi connectivity index (χ3v) is 3.99. The Kier molecular flexibility index (Phi) is 6.51. The second-order valence-corrected chi connectivity index (χ2v) is 5.86. The molecular formula is C17H19N3O3S. The molecule has 2 aromatic rings. The van der Waals surface area contributed by atoms with Crippen LogP contribution in [0.3, 0.4) is 0 Å². The maximum Gasteiger partial charge on any atom is 0.252 e. The van der Waals surface area contributed by atoms with Crippen molar-refractivity contribution in [1.29, 1.82) is 0 Å². The number of carbonyl (C=O) groups is 3. The van der Waals surface area contributed by atoms with Gasteiger partial charge in [0.2, 0.25) is 5.91 Å². The molecule has 0 fully saturated rings. The zero-order valence-corrected chi connectivity index (χ0v) is 14.1. The molecular weight excluding hydrogens is 326 g/mol. The average Bonchev–Trinajstić information content (AvgIpc) is 3.13. The predicted molar refractivity (Wildman–Crippen MR) is 94.3 cm³/mol. The van der Waals surface area contributed by atoms with Crippen LogP contribution >= 0.6 is 11.3 Å². The number of anilines is 1. The van der Waals surface area contributed by atoms with Gasteiger partial charge in [0.25, 0.3) is 11.8 Å². The van der Waals surface area contributed by atoms with E-state index in [1.807, 2.05) is 5.38 Å². The quantitative estimate of drug-likeness (QED) is 0.673. The minimum atomic E-state index is -0.172. The van der Waals surface area contributed by atoms with Crippen LogP contribution in [0.4, 0.5) is 5.69 Å². The average molecular weight is 345 g/mol.